The molecule has 0 spiro atoms. The quantitative estimate of drug-likeness (QED) is 0.736. The first-order valence-corrected chi connectivity index (χ1v) is 5.63. The second kappa shape index (κ2) is 2.80. The van der Waals surface area contributed by atoms with E-state index in [0.29, 0.717) is 6.42 Å². The average molecular weight is 227 g/mol. The molecule has 0 aromatic heterocycles. The molecule has 2 aliphatic rings. The van der Waals surface area contributed by atoms with Crippen molar-refractivity contribution in [3.63, 3.8) is 0 Å². The van der Waals surface area contributed by atoms with Gasteiger partial charge >= 0.3 is 0 Å². The van der Waals surface area contributed by atoms with E-state index in [2.05, 4.69) is 11.4 Å². The molecule has 2 heterocycles. The van der Waals surface area contributed by atoms with E-state index < -0.39 is 11.1 Å². The van der Waals surface area contributed by atoms with E-state index in [1.165, 1.54) is 0 Å². The summed E-state index contributed by atoms with van der Waals surface area (Å²) < 4.78 is 0. The molecular formula is C13H13N3O. The molecule has 0 saturated carbocycles. The van der Waals surface area contributed by atoms with Crippen molar-refractivity contribution in [2.75, 3.05) is 10.2 Å². The number of hydrogen-bond donors (Lipinski definition) is 1. The summed E-state index contributed by atoms with van der Waals surface area (Å²) in [5.74, 6) is -0.0241. The summed E-state index contributed by atoms with van der Waals surface area (Å²) in [7, 11) is 0. The first kappa shape index (κ1) is 10.2. The van der Waals surface area contributed by atoms with Gasteiger partial charge in [0, 0.05) is 6.42 Å². The number of nitriles is 1. The van der Waals surface area contributed by atoms with Crippen molar-refractivity contribution in [2.24, 2.45) is 0 Å². The van der Waals surface area contributed by atoms with Gasteiger partial charge in [0.2, 0.25) is 5.91 Å². The number of rotatable bonds is 0. The Kier molecular flexibility index (Phi) is 1.68. The lowest BCUT2D eigenvalue weighted by Crippen LogP contribution is -2.77. The van der Waals surface area contributed by atoms with Crippen LogP contribution in [-0.4, -0.2) is 17.0 Å². The number of fused-ring (bicyclic) bond motifs is 3. The largest absolute Gasteiger partial charge is 0.337 e. The minimum atomic E-state index is -0.584. The molecule has 0 aliphatic carbocycles. The van der Waals surface area contributed by atoms with Crippen molar-refractivity contribution in [3.8, 4) is 6.07 Å². The molecule has 1 amide bonds. The lowest BCUT2D eigenvalue weighted by molar-refractivity contribution is -0.124. The number of amides is 1. The fourth-order valence-corrected chi connectivity index (χ4v) is 3.12. The van der Waals surface area contributed by atoms with E-state index in [4.69, 9.17) is 0 Å². The van der Waals surface area contributed by atoms with E-state index in [9.17, 15) is 10.1 Å². The molecule has 1 saturated heterocycles. The number of hydrogen-bond acceptors (Lipinski definition) is 3. The maximum atomic E-state index is 12.1. The summed E-state index contributed by atoms with van der Waals surface area (Å²) in [5, 5.41) is 12.2. The average Bonchev–Trinajstić information content (AvgIpc) is 2.29. The molecule has 4 nitrogen and oxygen atoms in total. The maximum absolute atomic E-state index is 12.1. The van der Waals surface area contributed by atoms with E-state index in [0.717, 1.165) is 11.4 Å². The van der Waals surface area contributed by atoms with Crippen LogP contribution in [0.15, 0.2) is 24.3 Å². The lowest BCUT2D eigenvalue weighted by atomic mass is 9.69. The van der Waals surface area contributed by atoms with Crippen LogP contribution >= 0.6 is 0 Å². The standard InChI is InChI=1S/C13H13N3O/c1-12(8-14)7-13(2)11(17)15-9-5-3-4-6-10(9)16(12)13/h3-6H,7H2,1-2H3,(H,15,17). The summed E-state index contributed by atoms with van der Waals surface area (Å²) in [5.41, 5.74) is 0.558. The van der Waals surface area contributed by atoms with Gasteiger partial charge in [0.25, 0.3) is 0 Å². The molecule has 2 atom stereocenters. The van der Waals surface area contributed by atoms with Crippen LogP contribution in [0, 0.1) is 11.3 Å². The molecular weight excluding hydrogens is 214 g/mol. The molecule has 0 bridgehead atoms. The van der Waals surface area contributed by atoms with Crippen molar-refractivity contribution in [1.82, 2.24) is 0 Å². The summed E-state index contributed by atoms with van der Waals surface area (Å²) in [4.78, 5) is 14.0. The van der Waals surface area contributed by atoms with Gasteiger partial charge in [-0.3, -0.25) is 4.79 Å². The smallest absolute Gasteiger partial charge is 0.250 e. The number of carbonyl (C=O) groups is 1. The number of carbonyl (C=O) groups excluding carboxylic acids is 1. The van der Waals surface area contributed by atoms with Gasteiger partial charge in [-0.15, -0.1) is 0 Å². The molecule has 86 valence electrons. The minimum absolute atomic E-state index is 0.0241. The van der Waals surface area contributed by atoms with Gasteiger partial charge < -0.3 is 10.2 Å². The van der Waals surface area contributed by atoms with Crippen molar-refractivity contribution in [3.05, 3.63) is 24.3 Å². The second-order valence-corrected chi connectivity index (χ2v) is 5.14. The Bertz CT molecular complexity index is 562. The van der Waals surface area contributed by atoms with Gasteiger partial charge in [0.1, 0.15) is 11.1 Å². The third kappa shape index (κ3) is 1.04. The van der Waals surface area contributed by atoms with Gasteiger partial charge in [-0.25, -0.2) is 0 Å². The SMILES string of the molecule is CC1(C#N)CC2(C)C(=O)Nc3ccccc3N12. The Morgan fingerprint density at radius 1 is 1.41 bits per heavy atom. The van der Waals surface area contributed by atoms with Crippen LogP contribution in [-0.2, 0) is 4.79 Å². The van der Waals surface area contributed by atoms with Crippen LogP contribution in [0.5, 0.6) is 0 Å². The van der Waals surface area contributed by atoms with E-state index >= 15 is 0 Å². The fraction of sp³-hybridized carbons (Fsp3) is 0.385. The third-order valence-electron chi connectivity index (χ3n) is 3.80. The third-order valence-corrected chi connectivity index (χ3v) is 3.80. The highest BCUT2D eigenvalue weighted by atomic mass is 16.2. The summed E-state index contributed by atoms with van der Waals surface area (Å²) in [6.45, 7) is 3.77. The number of benzene rings is 1. The predicted octanol–water partition coefficient (Wildman–Crippen LogP) is 1.89. The molecule has 1 N–H and O–H groups in total. The molecule has 4 heteroatoms. The first-order chi connectivity index (χ1) is 8.01. The second-order valence-electron chi connectivity index (χ2n) is 5.14. The Balaban J connectivity index is 2.20. The molecule has 1 fully saturated rings. The van der Waals surface area contributed by atoms with Crippen molar-refractivity contribution >= 4 is 17.3 Å². The van der Waals surface area contributed by atoms with Gasteiger partial charge in [-0.2, -0.15) is 5.26 Å². The number of para-hydroxylation sites is 2. The van der Waals surface area contributed by atoms with Crippen molar-refractivity contribution < 1.29 is 4.79 Å². The molecule has 17 heavy (non-hydrogen) atoms. The van der Waals surface area contributed by atoms with Crippen LogP contribution in [0.1, 0.15) is 20.3 Å². The Hall–Kier alpha value is -2.02. The Labute approximate surface area is 99.8 Å². The van der Waals surface area contributed by atoms with Crippen molar-refractivity contribution in [2.45, 2.75) is 31.3 Å². The first-order valence-electron chi connectivity index (χ1n) is 5.63. The zero-order valence-electron chi connectivity index (χ0n) is 9.82. The molecule has 0 radical (unpaired) electrons. The van der Waals surface area contributed by atoms with Crippen molar-refractivity contribution in [1.29, 1.82) is 5.26 Å². The monoisotopic (exact) mass is 227 g/mol. The number of nitrogens with zero attached hydrogens (tertiary/aromatic N) is 2. The molecule has 2 aliphatic heterocycles. The van der Waals surface area contributed by atoms with E-state index in [1.54, 1.807) is 0 Å². The van der Waals surface area contributed by atoms with Crippen LogP contribution in [0.3, 0.4) is 0 Å². The van der Waals surface area contributed by atoms with Crippen LogP contribution in [0.25, 0.3) is 0 Å². The van der Waals surface area contributed by atoms with E-state index in [-0.39, 0.29) is 5.91 Å². The van der Waals surface area contributed by atoms with Crippen LogP contribution < -0.4 is 10.2 Å². The zero-order chi connectivity index (χ0) is 12.3. The van der Waals surface area contributed by atoms with E-state index in [1.807, 2.05) is 43.0 Å². The number of nitrogens with one attached hydrogen (secondary N) is 1. The molecule has 1 aromatic rings. The zero-order valence-corrected chi connectivity index (χ0v) is 9.82. The molecule has 3 rings (SSSR count). The van der Waals surface area contributed by atoms with Gasteiger partial charge in [-0.05, 0) is 26.0 Å². The van der Waals surface area contributed by atoms with Crippen LogP contribution in [0.2, 0.25) is 0 Å². The number of anilines is 2. The molecule has 2 unspecified atom stereocenters. The topological polar surface area (TPSA) is 56.1 Å². The predicted molar refractivity (Wildman–Crippen MR) is 64.6 cm³/mol. The normalized spacial score (nSPS) is 33.9. The highest BCUT2D eigenvalue weighted by Crippen LogP contribution is 2.52. The minimum Gasteiger partial charge on any atom is -0.337 e. The maximum Gasteiger partial charge on any atom is 0.250 e. The lowest BCUT2D eigenvalue weighted by Gasteiger charge is -2.62. The van der Waals surface area contributed by atoms with Gasteiger partial charge in [0.15, 0.2) is 0 Å². The molecule has 1 aromatic carbocycles. The summed E-state index contributed by atoms with van der Waals surface area (Å²) in [6.07, 6.45) is 0.566. The Morgan fingerprint density at radius 3 is 2.82 bits per heavy atom. The highest BCUT2D eigenvalue weighted by molar-refractivity contribution is 6.08. The highest BCUT2D eigenvalue weighted by Gasteiger charge is 2.63. The van der Waals surface area contributed by atoms with Gasteiger partial charge in [0.05, 0.1) is 17.4 Å². The summed E-state index contributed by atoms with van der Waals surface area (Å²) >= 11 is 0. The van der Waals surface area contributed by atoms with Gasteiger partial charge in [-0.1, -0.05) is 12.1 Å². The van der Waals surface area contributed by atoms with Crippen LogP contribution in [0.4, 0.5) is 11.4 Å². The Morgan fingerprint density at radius 2 is 2.12 bits per heavy atom. The summed E-state index contributed by atoms with van der Waals surface area (Å²) in [6, 6.07) is 9.92. The fourth-order valence-electron chi connectivity index (χ4n) is 3.12.